The first-order valence-corrected chi connectivity index (χ1v) is 29.8. The van der Waals surface area contributed by atoms with Crippen LogP contribution in [-0.4, -0.2) is 55.2 Å². The van der Waals surface area contributed by atoms with Crippen LogP contribution >= 0.6 is 97.7 Å². The number of nitrogens with two attached hydrogens (primary N) is 1. The molecule has 310 valence electrons. The summed E-state index contributed by atoms with van der Waals surface area (Å²) < 4.78 is 11.7. The minimum atomic E-state index is -0.702. The number of ether oxygens (including phenoxy) is 2. The molecule has 0 fully saturated rings. The molecule has 4 aromatic heterocycles. The minimum absolute atomic E-state index is 0. The molecule has 2 unspecified atom stereocenters. The van der Waals surface area contributed by atoms with Gasteiger partial charge < -0.3 is 46.8 Å². The molecular weight excluding hydrogens is 1220 g/mol. The van der Waals surface area contributed by atoms with Crippen molar-refractivity contribution in [3.63, 3.8) is 0 Å². The summed E-state index contributed by atoms with van der Waals surface area (Å²) in [6, 6.07) is 11.6. The Morgan fingerprint density at radius 3 is 1.46 bits per heavy atom. The van der Waals surface area contributed by atoms with Gasteiger partial charge in [-0.25, -0.2) is 0 Å². The van der Waals surface area contributed by atoms with E-state index in [9.17, 15) is 29.8 Å². The zero-order chi connectivity index (χ0) is 41.3. The predicted molar refractivity (Wildman–Crippen MR) is 238 cm³/mol. The van der Waals surface area contributed by atoms with E-state index in [0.717, 1.165) is 0 Å². The van der Waals surface area contributed by atoms with Crippen molar-refractivity contribution in [2.24, 2.45) is 0 Å². The number of nitrogens with zero attached hydrogens (tertiary/aromatic N) is 4. The van der Waals surface area contributed by atoms with Crippen LogP contribution in [0.4, 0.5) is 17.2 Å². The van der Waals surface area contributed by atoms with Crippen LogP contribution in [0.15, 0.2) is 58.1 Å². The van der Waals surface area contributed by atoms with Gasteiger partial charge in [-0.3, -0.25) is 39.8 Å². The smallest absolute Gasteiger partial charge is 0.269 e. The Morgan fingerprint density at radius 2 is 1.05 bits per heavy atom. The number of nitrogen functional groups attached to an aromatic ring is 1. The van der Waals surface area contributed by atoms with Gasteiger partial charge in [0.05, 0.1) is 43.9 Å². The molecule has 6 heterocycles. The summed E-state index contributed by atoms with van der Waals surface area (Å²) in [6.45, 7) is 0. The molecule has 0 saturated carbocycles. The van der Waals surface area contributed by atoms with Gasteiger partial charge in [0.15, 0.2) is 9.54 Å². The van der Waals surface area contributed by atoms with Crippen LogP contribution in [0.2, 0.25) is 5.15 Å². The third-order valence-corrected chi connectivity index (χ3v) is 9.26. The monoisotopic (exact) mass is 1240 g/mol. The van der Waals surface area contributed by atoms with Gasteiger partial charge >= 0.3 is 50.5 Å². The Kier molecular flexibility index (Phi) is 16.1. The Labute approximate surface area is 383 Å². The van der Waals surface area contributed by atoms with Crippen molar-refractivity contribution in [3.8, 4) is 23.5 Å². The molecule has 8 rings (SSSR count). The number of nitrogens with one attached hydrogen (secondary N) is 6. The normalized spacial score (nSPS) is 13.9. The first kappa shape index (κ1) is 47.5. The fourth-order valence-electron chi connectivity index (χ4n) is 5.96. The number of anilines is 1. The van der Waals surface area contributed by atoms with E-state index >= 15 is 0 Å². The first-order valence-electron chi connectivity index (χ1n) is 15.3. The Morgan fingerprint density at radius 1 is 0.678 bits per heavy atom. The van der Waals surface area contributed by atoms with Gasteiger partial charge in [0.2, 0.25) is 33.1 Å². The molecule has 0 radical (unpaired) electrons. The van der Waals surface area contributed by atoms with Crippen molar-refractivity contribution in [2.75, 3.05) is 5.73 Å². The molecule has 13 N–H and O–H groups in total. The fourth-order valence-corrected chi connectivity index (χ4v) is 7.04. The summed E-state index contributed by atoms with van der Waals surface area (Å²) >= 11 is 31.7. The molecule has 59 heavy (non-hydrogen) atoms. The number of nitro benzene ring substituents is 2. The van der Waals surface area contributed by atoms with Crippen LogP contribution in [0.25, 0.3) is 0 Å². The number of hydrogen-bond acceptors (Lipinski definition) is 16. The number of hydrogen-bond donors (Lipinski definition) is 8. The van der Waals surface area contributed by atoms with Gasteiger partial charge in [0.1, 0.15) is 11.0 Å². The molecule has 29 heteroatoms. The molecule has 0 spiro atoms. The Bertz CT molecular complexity index is 2770. The summed E-state index contributed by atoms with van der Waals surface area (Å²) in [5.74, 6) is -0.734. The average molecular weight is 1240 g/mol. The predicted octanol–water partition coefficient (Wildman–Crippen LogP) is 4.51. The fraction of sp³-hybridized carbons (Fsp3) is 0.0667. The van der Waals surface area contributed by atoms with E-state index in [1.54, 1.807) is 24.3 Å². The summed E-state index contributed by atoms with van der Waals surface area (Å²) in [7, 11) is 0. The second kappa shape index (κ2) is 19.9. The van der Waals surface area contributed by atoms with Crippen LogP contribution in [0, 0.1) is 39.3 Å². The molecule has 2 aliphatic heterocycles. The molecule has 2 atom stereocenters. The van der Waals surface area contributed by atoms with Gasteiger partial charge in [-0.1, -0.05) is 35.9 Å². The quantitative estimate of drug-likeness (QED) is 0.0395. The number of H-pyrrole nitrogens is 6. The van der Waals surface area contributed by atoms with Crippen LogP contribution < -0.4 is 45.7 Å². The van der Waals surface area contributed by atoms with Crippen molar-refractivity contribution in [1.29, 1.82) is 0 Å². The van der Waals surface area contributed by atoms with E-state index in [0.29, 0.717) is 35.5 Å². The number of aromatic nitrogens is 8. The van der Waals surface area contributed by atoms with Gasteiger partial charge in [0.25, 0.3) is 22.5 Å². The third-order valence-electron chi connectivity index (χ3n) is 8.17. The first-order chi connectivity index (χ1) is 27.1. The SMILES string of the molecule is I[I-]I.N.Nc1[nH]c(=S)nc2c1C(c1ccc([N+](=O)[O-])cc1)c1c([nH]c(=S)[nH]c1=O)O2.O.O=c1[nH]c(=S)[nH]c2c1C(c1ccc([N+](=O)[O-])cc1)c1c(nc(=S)[nH]c1Cl)O2. The largest absolute Gasteiger partial charge is 0.422 e. The van der Waals surface area contributed by atoms with Crippen LogP contribution in [0.5, 0.6) is 23.5 Å². The average Bonchev–Trinajstić information content (AvgIpc) is 3.13. The Hall–Kier alpha value is -4.16. The van der Waals surface area contributed by atoms with E-state index in [1.165, 1.54) is 24.3 Å². The van der Waals surface area contributed by atoms with Crippen LogP contribution in [-0.2, 0) is 0 Å². The molecular formula is C30H23ClI3N12O9S4-. The van der Waals surface area contributed by atoms with E-state index in [-0.39, 0.29) is 87.7 Å². The van der Waals surface area contributed by atoms with Crippen LogP contribution in [0.1, 0.15) is 45.2 Å². The molecule has 0 bridgehead atoms. The standard InChI is InChI=1S/C15H8ClN5O4S2.C15H10N6O4S2.I3.H3N.H2O/c2*16-10-8-7(5-1-3-6(4-2-5)21(23)24)9-11(22)18-15(27)20-13(9)25-12(8)19-14(26)17-10;1-3-2;;/h1-4,7H,(H,17,19,26)(H2,18,20,22,27);1-4,7H,(H3,16,17,19,26)(H2,18,20,22,27);;1H3;1H2/q;;-1;;. The second-order valence-corrected chi connectivity index (χ2v) is 29.6. The van der Waals surface area contributed by atoms with E-state index in [1.807, 2.05) is 0 Å². The number of non-ortho nitro benzene ring substituents is 2. The van der Waals surface area contributed by atoms with Crippen molar-refractivity contribution < 1.29 is 38.1 Å². The van der Waals surface area contributed by atoms with Gasteiger partial charge in [0, 0.05) is 24.3 Å². The van der Waals surface area contributed by atoms with E-state index in [2.05, 4.69) is 77.1 Å². The van der Waals surface area contributed by atoms with E-state index < -0.39 is 32.8 Å². The number of halogens is 4. The van der Waals surface area contributed by atoms with Crippen molar-refractivity contribution in [1.82, 2.24) is 46.0 Å². The van der Waals surface area contributed by atoms with Gasteiger partial charge in [-0.05, 0) is 60.0 Å². The van der Waals surface area contributed by atoms with Crippen molar-refractivity contribution >= 4 is 115 Å². The number of fused-ring (bicyclic) bond motifs is 4. The van der Waals surface area contributed by atoms with E-state index in [4.69, 9.17) is 75.7 Å². The zero-order valence-corrected chi connectivity index (χ0v) is 39.3. The molecule has 0 saturated heterocycles. The molecule has 0 amide bonds. The van der Waals surface area contributed by atoms with Crippen LogP contribution in [0.3, 0.4) is 0 Å². The maximum atomic E-state index is 12.6. The summed E-state index contributed by atoms with van der Waals surface area (Å²) in [4.78, 5) is 70.4. The third kappa shape index (κ3) is 10.1. The molecule has 2 aromatic carbocycles. The maximum absolute atomic E-state index is 12.6. The van der Waals surface area contributed by atoms with Crippen molar-refractivity contribution in [2.45, 2.75) is 11.8 Å². The number of aromatic amines is 6. The van der Waals surface area contributed by atoms with Gasteiger partial charge in [-0.2, -0.15) is 9.97 Å². The number of benzene rings is 2. The number of rotatable bonds is 4. The molecule has 6 aromatic rings. The zero-order valence-electron chi connectivity index (χ0n) is 28.8. The minimum Gasteiger partial charge on any atom is -0.422 e. The van der Waals surface area contributed by atoms with Gasteiger partial charge in [-0.15, -0.1) is 0 Å². The topological polar surface area (TPSA) is 352 Å². The summed E-state index contributed by atoms with van der Waals surface area (Å²) in [6.07, 6.45) is 0. The summed E-state index contributed by atoms with van der Waals surface area (Å²) in [5, 5.41) is 22.0. The second-order valence-electron chi connectivity index (χ2n) is 11.4. The number of nitro groups is 2. The Balaban J connectivity index is 0.000000237. The van der Waals surface area contributed by atoms with Crippen molar-refractivity contribution in [3.05, 3.63) is 147 Å². The summed E-state index contributed by atoms with van der Waals surface area (Å²) in [5.41, 5.74) is 7.40. The molecule has 2 aliphatic rings. The maximum Gasteiger partial charge on any atom is 0.269 e. The molecule has 21 nitrogen and oxygen atoms in total. The molecule has 0 aliphatic carbocycles.